The molecule has 0 N–H and O–H groups in total. The zero-order valence-electron chi connectivity index (χ0n) is 13.3. The SMILES string of the molecule is Cc1noc(C)c1CCN1CCC[C@@H](c2ccc(Cl)cc2)C1. The van der Waals surface area contributed by atoms with Crippen molar-refractivity contribution >= 4 is 11.6 Å². The smallest absolute Gasteiger partial charge is 0.137 e. The van der Waals surface area contributed by atoms with Crippen molar-refractivity contribution in [2.24, 2.45) is 0 Å². The highest BCUT2D eigenvalue weighted by atomic mass is 35.5. The second kappa shape index (κ2) is 6.84. The van der Waals surface area contributed by atoms with Crippen LogP contribution in [0, 0.1) is 13.8 Å². The van der Waals surface area contributed by atoms with Crippen molar-refractivity contribution in [3.8, 4) is 0 Å². The number of rotatable bonds is 4. The average molecular weight is 319 g/mol. The van der Waals surface area contributed by atoms with E-state index in [2.05, 4.69) is 22.2 Å². The Bertz CT molecular complexity index is 601. The number of halogens is 1. The quantitative estimate of drug-likeness (QED) is 0.838. The molecule has 0 aliphatic carbocycles. The molecule has 1 atom stereocenters. The second-order valence-electron chi connectivity index (χ2n) is 6.24. The van der Waals surface area contributed by atoms with Gasteiger partial charge in [-0.05, 0) is 63.3 Å². The highest BCUT2D eigenvalue weighted by Gasteiger charge is 2.21. The van der Waals surface area contributed by atoms with Crippen LogP contribution in [-0.4, -0.2) is 29.7 Å². The topological polar surface area (TPSA) is 29.3 Å². The summed E-state index contributed by atoms with van der Waals surface area (Å²) in [7, 11) is 0. The standard InChI is InChI=1S/C18H23ClN2O/c1-13-18(14(2)22-20-13)9-11-21-10-3-4-16(12-21)15-5-7-17(19)8-6-15/h5-8,16H,3-4,9-12H2,1-2H3/t16-/m1/s1. The lowest BCUT2D eigenvalue weighted by Crippen LogP contribution is -2.35. The van der Waals surface area contributed by atoms with Crippen LogP contribution in [0.5, 0.6) is 0 Å². The largest absolute Gasteiger partial charge is 0.361 e. The zero-order chi connectivity index (χ0) is 15.5. The van der Waals surface area contributed by atoms with Crippen molar-refractivity contribution in [3.63, 3.8) is 0 Å². The Kier molecular flexibility index (Phi) is 4.84. The summed E-state index contributed by atoms with van der Waals surface area (Å²) in [5.74, 6) is 1.58. The Morgan fingerprint density at radius 3 is 2.73 bits per heavy atom. The molecule has 0 unspecified atom stereocenters. The summed E-state index contributed by atoms with van der Waals surface area (Å²) in [5, 5.41) is 4.86. The van der Waals surface area contributed by atoms with E-state index in [0.717, 1.165) is 36.0 Å². The fourth-order valence-electron chi connectivity index (χ4n) is 3.39. The predicted octanol–water partition coefficient (Wildman–Crippen LogP) is 4.37. The fraction of sp³-hybridized carbons (Fsp3) is 0.500. The lowest BCUT2D eigenvalue weighted by atomic mass is 9.90. The average Bonchev–Trinajstić information content (AvgIpc) is 2.85. The number of nitrogens with zero attached hydrogens (tertiary/aromatic N) is 2. The Labute approximate surface area is 137 Å². The van der Waals surface area contributed by atoms with Crippen molar-refractivity contribution in [2.75, 3.05) is 19.6 Å². The van der Waals surface area contributed by atoms with Crippen molar-refractivity contribution in [2.45, 2.75) is 39.0 Å². The van der Waals surface area contributed by atoms with Crippen LogP contribution in [-0.2, 0) is 6.42 Å². The lowest BCUT2D eigenvalue weighted by Gasteiger charge is -2.33. The molecule has 0 amide bonds. The van der Waals surface area contributed by atoms with E-state index in [-0.39, 0.29) is 0 Å². The summed E-state index contributed by atoms with van der Waals surface area (Å²) in [5.41, 5.74) is 3.71. The lowest BCUT2D eigenvalue weighted by molar-refractivity contribution is 0.210. The third-order valence-electron chi connectivity index (χ3n) is 4.71. The van der Waals surface area contributed by atoms with Gasteiger partial charge in [-0.1, -0.05) is 28.9 Å². The van der Waals surface area contributed by atoms with Crippen molar-refractivity contribution in [1.29, 1.82) is 0 Å². The Hall–Kier alpha value is -1.32. The number of likely N-dealkylation sites (tertiary alicyclic amines) is 1. The molecule has 3 rings (SSSR count). The molecule has 1 saturated heterocycles. The summed E-state index contributed by atoms with van der Waals surface area (Å²) >= 11 is 5.99. The van der Waals surface area contributed by atoms with Gasteiger partial charge in [-0.15, -0.1) is 0 Å². The Balaban J connectivity index is 1.60. The first-order chi connectivity index (χ1) is 10.6. The Morgan fingerprint density at radius 2 is 2.05 bits per heavy atom. The fourth-order valence-corrected chi connectivity index (χ4v) is 3.52. The first-order valence-corrected chi connectivity index (χ1v) is 8.41. The summed E-state index contributed by atoms with van der Waals surface area (Å²) < 4.78 is 5.26. The predicted molar refractivity (Wildman–Crippen MR) is 89.5 cm³/mol. The van der Waals surface area contributed by atoms with Gasteiger partial charge in [0.25, 0.3) is 0 Å². The number of aromatic nitrogens is 1. The molecular formula is C18H23ClN2O. The third kappa shape index (κ3) is 3.53. The molecule has 0 spiro atoms. The van der Waals surface area contributed by atoms with Gasteiger partial charge in [0, 0.05) is 23.7 Å². The molecule has 0 bridgehead atoms. The van der Waals surface area contributed by atoms with E-state index in [0.29, 0.717) is 5.92 Å². The van der Waals surface area contributed by atoms with Crippen LogP contribution in [0.15, 0.2) is 28.8 Å². The summed E-state index contributed by atoms with van der Waals surface area (Å²) in [6.45, 7) is 7.42. The van der Waals surface area contributed by atoms with E-state index in [1.165, 1.54) is 30.5 Å². The van der Waals surface area contributed by atoms with Crippen molar-refractivity contribution in [1.82, 2.24) is 10.1 Å². The van der Waals surface area contributed by atoms with E-state index in [1.54, 1.807) is 0 Å². The van der Waals surface area contributed by atoms with E-state index < -0.39 is 0 Å². The van der Waals surface area contributed by atoms with Crippen LogP contribution in [0.1, 0.15) is 41.3 Å². The molecule has 0 saturated carbocycles. The molecule has 1 aromatic heterocycles. The van der Waals surface area contributed by atoms with Gasteiger partial charge >= 0.3 is 0 Å². The molecule has 0 radical (unpaired) electrons. The second-order valence-corrected chi connectivity index (χ2v) is 6.68. The minimum atomic E-state index is 0.621. The zero-order valence-corrected chi connectivity index (χ0v) is 14.1. The minimum absolute atomic E-state index is 0.621. The molecule has 1 aromatic carbocycles. The van der Waals surface area contributed by atoms with Gasteiger partial charge < -0.3 is 9.42 Å². The number of piperidine rings is 1. The van der Waals surface area contributed by atoms with Crippen LogP contribution < -0.4 is 0 Å². The molecule has 1 fully saturated rings. The van der Waals surface area contributed by atoms with Gasteiger partial charge in [-0.25, -0.2) is 0 Å². The van der Waals surface area contributed by atoms with E-state index in [9.17, 15) is 0 Å². The number of aryl methyl sites for hydroxylation is 2. The van der Waals surface area contributed by atoms with Crippen LogP contribution in [0.25, 0.3) is 0 Å². The van der Waals surface area contributed by atoms with Crippen LogP contribution in [0.2, 0.25) is 5.02 Å². The minimum Gasteiger partial charge on any atom is -0.361 e. The highest BCUT2D eigenvalue weighted by Crippen LogP contribution is 2.28. The number of hydrogen-bond acceptors (Lipinski definition) is 3. The molecule has 1 aliphatic rings. The van der Waals surface area contributed by atoms with Crippen LogP contribution >= 0.6 is 11.6 Å². The van der Waals surface area contributed by atoms with Crippen LogP contribution in [0.3, 0.4) is 0 Å². The number of hydrogen-bond donors (Lipinski definition) is 0. The summed E-state index contributed by atoms with van der Waals surface area (Å²) in [6, 6.07) is 8.34. The molecular weight excluding hydrogens is 296 g/mol. The van der Waals surface area contributed by atoms with Crippen molar-refractivity contribution < 1.29 is 4.52 Å². The third-order valence-corrected chi connectivity index (χ3v) is 4.96. The maximum absolute atomic E-state index is 5.99. The summed E-state index contributed by atoms with van der Waals surface area (Å²) in [6.07, 6.45) is 3.55. The normalized spacial score (nSPS) is 19.5. The molecule has 2 heterocycles. The monoisotopic (exact) mass is 318 g/mol. The maximum Gasteiger partial charge on any atom is 0.137 e. The van der Waals surface area contributed by atoms with E-state index in [4.69, 9.17) is 16.1 Å². The molecule has 2 aromatic rings. The summed E-state index contributed by atoms with van der Waals surface area (Å²) in [4.78, 5) is 2.56. The van der Waals surface area contributed by atoms with Gasteiger partial charge in [-0.2, -0.15) is 0 Å². The molecule has 4 heteroatoms. The Morgan fingerprint density at radius 1 is 1.27 bits per heavy atom. The van der Waals surface area contributed by atoms with E-state index >= 15 is 0 Å². The number of benzene rings is 1. The highest BCUT2D eigenvalue weighted by molar-refractivity contribution is 6.30. The van der Waals surface area contributed by atoms with E-state index in [1.807, 2.05) is 26.0 Å². The molecule has 1 aliphatic heterocycles. The van der Waals surface area contributed by atoms with Gasteiger partial charge in [0.15, 0.2) is 0 Å². The van der Waals surface area contributed by atoms with Crippen LogP contribution in [0.4, 0.5) is 0 Å². The molecule has 3 nitrogen and oxygen atoms in total. The van der Waals surface area contributed by atoms with Gasteiger partial charge in [-0.3, -0.25) is 0 Å². The first kappa shape index (κ1) is 15.6. The van der Waals surface area contributed by atoms with Gasteiger partial charge in [0.1, 0.15) is 5.76 Å². The van der Waals surface area contributed by atoms with Crippen molar-refractivity contribution in [3.05, 3.63) is 51.9 Å². The molecule has 22 heavy (non-hydrogen) atoms. The van der Waals surface area contributed by atoms with Gasteiger partial charge in [0.2, 0.25) is 0 Å². The van der Waals surface area contributed by atoms with Gasteiger partial charge in [0.05, 0.1) is 5.69 Å². The first-order valence-electron chi connectivity index (χ1n) is 8.03. The molecule has 118 valence electrons. The maximum atomic E-state index is 5.99.